The summed E-state index contributed by atoms with van der Waals surface area (Å²) in [6, 6.07) is 0. The maximum atomic E-state index is 10.0. The topological polar surface area (TPSA) is 57.2 Å². The molecule has 0 aliphatic heterocycles. The van der Waals surface area contributed by atoms with Gasteiger partial charge in [-0.05, 0) is 11.6 Å². The van der Waals surface area contributed by atoms with E-state index in [1.807, 2.05) is 0 Å². The van der Waals surface area contributed by atoms with Crippen molar-refractivity contribution in [1.82, 2.24) is 0 Å². The van der Waals surface area contributed by atoms with Crippen LogP contribution >= 0.6 is 11.6 Å². The Morgan fingerprint density at radius 2 is 2.11 bits per heavy atom. The predicted molar refractivity (Wildman–Crippen MR) is 29.6 cm³/mol. The predicted octanol–water partition coefficient (Wildman–Crippen LogP) is -0.472. The Labute approximate surface area is 57.6 Å². The second kappa shape index (κ2) is 3.45. The average Bonchev–Trinajstić information content (AvgIpc) is 1.63. The van der Waals surface area contributed by atoms with Crippen LogP contribution in [-0.4, -0.2) is 11.2 Å². The van der Waals surface area contributed by atoms with Crippen molar-refractivity contribution < 1.29 is 14.7 Å². The first-order chi connectivity index (χ1) is 4.04. The number of carbonyl (C=O) groups is 2. The van der Waals surface area contributed by atoms with Gasteiger partial charge in [-0.25, -0.2) is 0 Å². The Morgan fingerprint density at radius 3 is 2.22 bits per heavy atom. The van der Waals surface area contributed by atoms with Gasteiger partial charge in [0.15, 0.2) is 0 Å². The van der Waals surface area contributed by atoms with E-state index in [4.69, 9.17) is 11.6 Å². The van der Waals surface area contributed by atoms with Crippen molar-refractivity contribution in [3.05, 3.63) is 0 Å². The molecular formula is C5H6ClO3-. The summed E-state index contributed by atoms with van der Waals surface area (Å²) >= 11 is 4.89. The van der Waals surface area contributed by atoms with E-state index < -0.39 is 17.1 Å². The summed E-state index contributed by atoms with van der Waals surface area (Å²) in [7, 11) is 0. The summed E-state index contributed by atoms with van der Waals surface area (Å²) in [5, 5.41) is 9.27. The lowest BCUT2D eigenvalue weighted by molar-refractivity contribution is -0.310. The Morgan fingerprint density at radius 1 is 1.67 bits per heavy atom. The quantitative estimate of drug-likeness (QED) is 0.510. The molecule has 0 aromatic heterocycles. The lowest BCUT2D eigenvalue weighted by atomic mass is 10.1. The largest absolute Gasteiger partial charge is 0.550 e. The highest BCUT2D eigenvalue weighted by atomic mass is 35.5. The van der Waals surface area contributed by atoms with Crippen LogP contribution in [0.4, 0.5) is 0 Å². The van der Waals surface area contributed by atoms with E-state index in [9.17, 15) is 14.7 Å². The third kappa shape index (κ3) is 3.97. The van der Waals surface area contributed by atoms with E-state index in [0.717, 1.165) is 0 Å². The molecule has 3 nitrogen and oxygen atoms in total. The number of hydrogen-bond acceptors (Lipinski definition) is 3. The molecule has 1 atom stereocenters. The van der Waals surface area contributed by atoms with E-state index in [2.05, 4.69) is 0 Å². The van der Waals surface area contributed by atoms with Crippen LogP contribution in [0.15, 0.2) is 0 Å². The Bertz CT molecular complexity index is 132. The lowest BCUT2D eigenvalue weighted by Crippen LogP contribution is -2.30. The minimum atomic E-state index is -1.25. The molecule has 4 heteroatoms. The maximum absolute atomic E-state index is 10.0. The number of halogens is 1. The van der Waals surface area contributed by atoms with Crippen LogP contribution in [0.3, 0.4) is 0 Å². The fourth-order valence-electron chi connectivity index (χ4n) is 0.324. The molecule has 0 rings (SSSR count). The highest BCUT2D eigenvalue weighted by Crippen LogP contribution is 2.02. The Balaban J connectivity index is 3.63. The number of carbonyl (C=O) groups excluding carboxylic acids is 2. The molecule has 52 valence electrons. The number of aliphatic carboxylic acids is 1. The van der Waals surface area contributed by atoms with Gasteiger partial charge in [-0.3, -0.25) is 4.79 Å². The maximum Gasteiger partial charge on any atom is 0.222 e. The molecule has 0 spiro atoms. The minimum Gasteiger partial charge on any atom is -0.550 e. The highest BCUT2D eigenvalue weighted by molar-refractivity contribution is 6.63. The number of rotatable bonds is 3. The summed E-state index contributed by atoms with van der Waals surface area (Å²) in [5.41, 5.74) is 0. The van der Waals surface area contributed by atoms with E-state index >= 15 is 0 Å². The monoisotopic (exact) mass is 149 g/mol. The number of carboxylic acids is 1. The SMILES string of the molecule is CC(CC(=O)Cl)C(=O)[O-]. The molecule has 0 fully saturated rings. The molecular weight excluding hydrogens is 144 g/mol. The molecule has 0 aliphatic carbocycles. The van der Waals surface area contributed by atoms with Crippen molar-refractivity contribution in [3.63, 3.8) is 0 Å². The molecule has 0 bridgehead atoms. The first-order valence-electron chi connectivity index (χ1n) is 2.43. The van der Waals surface area contributed by atoms with E-state index in [0.29, 0.717) is 0 Å². The van der Waals surface area contributed by atoms with Crippen LogP contribution < -0.4 is 5.11 Å². The zero-order chi connectivity index (χ0) is 7.44. The van der Waals surface area contributed by atoms with Gasteiger partial charge in [0.05, 0.1) is 0 Å². The molecule has 0 heterocycles. The van der Waals surface area contributed by atoms with Gasteiger partial charge in [0, 0.05) is 18.3 Å². The molecule has 0 amide bonds. The smallest absolute Gasteiger partial charge is 0.222 e. The second-order valence-electron chi connectivity index (χ2n) is 1.78. The fourth-order valence-corrected chi connectivity index (χ4v) is 0.556. The summed E-state index contributed by atoms with van der Waals surface area (Å²) in [4.78, 5) is 19.9. The Kier molecular flexibility index (Phi) is 3.24. The normalized spacial score (nSPS) is 12.7. The summed E-state index contributed by atoms with van der Waals surface area (Å²) < 4.78 is 0. The van der Waals surface area contributed by atoms with Crippen LogP contribution in [0.25, 0.3) is 0 Å². The molecule has 0 aromatic rings. The molecule has 9 heavy (non-hydrogen) atoms. The van der Waals surface area contributed by atoms with Gasteiger partial charge in [-0.1, -0.05) is 6.92 Å². The van der Waals surface area contributed by atoms with Crippen molar-refractivity contribution in [2.45, 2.75) is 13.3 Å². The van der Waals surface area contributed by atoms with E-state index in [1.165, 1.54) is 6.92 Å². The lowest BCUT2D eigenvalue weighted by Gasteiger charge is -2.07. The van der Waals surface area contributed by atoms with Crippen molar-refractivity contribution in [2.24, 2.45) is 5.92 Å². The minimum absolute atomic E-state index is 0.163. The van der Waals surface area contributed by atoms with Crippen LogP contribution in [0.5, 0.6) is 0 Å². The zero-order valence-corrected chi connectivity index (χ0v) is 5.64. The van der Waals surface area contributed by atoms with Crippen molar-refractivity contribution in [2.75, 3.05) is 0 Å². The average molecular weight is 150 g/mol. The van der Waals surface area contributed by atoms with Crippen molar-refractivity contribution in [3.8, 4) is 0 Å². The molecule has 0 saturated heterocycles. The molecule has 1 unspecified atom stereocenters. The molecule has 0 N–H and O–H groups in total. The fraction of sp³-hybridized carbons (Fsp3) is 0.600. The van der Waals surface area contributed by atoms with Gasteiger partial charge < -0.3 is 9.90 Å². The number of carboxylic acid groups (broad SMARTS) is 1. The number of hydrogen-bond donors (Lipinski definition) is 0. The first kappa shape index (κ1) is 8.43. The molecule has 0 aliphatic rings. The third-order valence-corrected chi connectivity index (χ3v) is 1.02. The van der Waals surface area contributed by atoms with Gasteiger partial charge in [0.25, 0.3) is 0 Å². The molecule has 0 aromatic carbocycles. The van der Waals surface area contributed by atoms with Crippen LogP contribution in [0.2, 0.25) is 0 Å². The summed E-state index contributed by atoms with van der Waals surface area (Å²) in [6.45, 7) is 1.37. The molecule has 0 radical (unpaired) electrons. The highest BCUT2D eigenvalue weighted by Gasteiger charge is 2.06. The third-order valence-electron chi connectivity index (χ3n) is 0.869. The molecule has 0 saturated carbocycles. The Hall–Kier alpha value is -0.570. The van der Waals surface area contributed by atoms with Crippen molar-refractivity contribution in [1.29, 1.82) is 0 Å². The first-order valence-corrected chi connectivity index (χ1v) is 2.81. The van der Waals surface area contributed by atoms with Gasteiger partial charge in [0.2, 0.25) is 5.24 Å². The second-order valence-corrected chi connectivity index (χ2v) is 2.20. The standard InChI is InChI=1S/C5H7ClO3/c1-3(5(8)9)2-4(6)7/h3H,2H2,1H3,(H,8,9)/p-1. The van der Waals surface area contributed by atoms with Crippen LogP contribution in [-0.2, 0) is 9.59 Å². The van der Waals surface area contributed by atoms with Crippen molar-refractivity contribution >= 4 is 22.8 Å². The van der Waals surface area contributed by atoms with Gasteiger partial charge >= 0.3 is 0 Å². The van der Waals surface area contributed by atoms with Gasteiger partial charge in [0.1, 0.15) is 0 Å². The van der Waals surface area contributed by atoms with Gasteiger partial charge in [-0.2, -0.15) is 0 Å². The van der Waals surface area contributed by atoms with E-state index in [-0.39, 0.29) is 6.42 Å². The zero-order valence-electron chi connectivity index (χ0n) is 4.89. The van der Waals surface area contributed by atoms with Gasteiger partial charge in [-0.15, -0.1) is 0 Å². The summed E-state index contributed by atoms with van der Waals surface area (Å²) in [6.07, 6.45) is -0.163. The van der Waals surface area contributed by atoms with Crippen LogP contribution in [0.1, 0.15) is 13.3 Å². The van der Waals surface area contributed by atoms with Crippen LogP contribution in [0, 0.1) is 5.92 Å². The van der Waals surface area contributed by atoms with E-state index in [1.54, 1.807) is 0 Å². The summed E-state index contributed by atoms with van der Waals surface area (Å²) in [5.74, 6) is -2.03.